The number of Topliss-reactive ketones (excluding diaryl/α,β-unsaturated/α-hetero) is 1. The molecule has 1 heterocycles. The largest absolute Gasteiger partial charge is 0.345 e. The number of hydrogen-bond donors (Lipinski definition) is 1. The van der Waals surface area contributed by atoms with Crippen LogP contribution < -0.4 is 5.32 Å². The molecular weight excluding hydrogens is 264 g/mol. The van der Waals surface area contributed by atoms with Crippen molar-refractivity contribution < 1.29 is 9.59 Å². The first kappa shape index (κ1) is 15.2. The summed E-state index contributed by atoms with van der Waals surface area (Å²) in [6, 6.07) is 9.19. The van der Waals surface area contributed by atoms with Crippen molar-refractivity contribution in [3.8, 4) is 0 Å². The van der Waals surface area contributed by atoms with Crippen molar-refractivity contribution in [3.63, 3.8) is 0 Å². The van der Waals surface area contributed by atoms with Crippen LogP contribution >= 0.6 is 0 Å². The summed E-state index contributed by atoms with van der Waals surface area (Å²) >= 11 is 0. The number of nitrogens with one attached hydrogen (secondary N) is 1. The summed E-state index contributed by atoms with van der Waals surface area (Å²) in [5.74, 6) is -0.232. The van der Waals surface area contributed by atoms with Crippen LogP contribution in [0.3, 0.4) is 0 Å². The summed E-state index contributed by atoms with van der Waals surface area (Å²) in [6.45, 7) is 7.49. The molecule has 0 unspecified atom stereocenters. The Morgan fingerprint density at radius 3 is 2.52 bits per heavy atom. The highest BCUT2D eigenvalue weighted by atomic mass is 16.2. The lowest BCUT2D eigenvalue weighted by atomic mass is 9.91. The van der Waals surface area contributed by atoms with Gasteiger partial charge in [0.25, 0.3) is 5.91 Å². The Balaban J connectivity index is 2.13. The summed E-state index contributed by atoms with van der Waals surface area (Å²) in [4.78, 5) is 28.3. The Kier molecular flexibility index (Phi) is 4.07. The van der Waals surface area contributed by atoms with Crippen molar-refractivity contribution in [2.24, 2.45) is 5.41 Å². The van der Waals surface area contributed by atoms with Gasteiger partial charge in [-0.15, -0.1) is 0 Å². The first-order valence-electron chi connectivity index (χ1n) is 6.96. The minimum absolute atomic E-state index is 0.00827. The van der Waals surface area contributed by atoms with Gasteiger partial charge in [-0.25, -0.2) is 0 Å². The Morgan fingerprint density at radius 1 is 1.14 bits per heavy atom. The SMILES string of the molecule is Cc1ccc2cc(C(=O)NCC(=O)C(C)(C)C)ccc2n1. The van der Waals surface area contributed by atoms with E-state index in [-0.39, 0.29) is 18.2 Å². The topological polar surface area (TPSA) is 59.1 Å². The zero-order valence-corrected chi connectivity index (χ0v) is 12.9. The molecule has 1 aromatic carbocycles. The molecule has 1 aromatic heterocycles. The maximum absolute atomic E-state index is 12.1. The van der Waals surface area contributed by atoms with Gasteiger partial charge in [0.05, 0.1) is 12.1 Å². The van der Waals surface area contributed by atoms with Gasteiger partial charge in [-0.1, -0.05) is 26.8 Å². The monoisotopic (exact) mass is 284 g/mol. The van der Waals surface area contributed by atoms with Crippen molar-refractivity contribution in [3.05, 3.63) is 41.6 Å². The molecule has 1 N–H and O–H groups in total. The van der Waals surface area contributed by atoms with Crippen LogP contribution in [0.25, 0.3) is 10.9 Å². The summed E-state index contributed by atoms with van der Waals surface area (Å²) in [7, 11) is 0. The second kappa shape index (κ2) is 5.64. The lowest BCUT2D eigenvalue weighted by molar-refractivity contribution is -0.125. The van der Waals surface area contributed by atoms with Crippen LogP contribution in [0.15, 0.2) is 30.3 Å². The van der Waals surface area contributed by atoms with E-state index >= 15 is 0 Å². The lowest BCUT2D eigenvalue weighted by Gasteiger charge is -2.16. The van der Waals surface area contributed by atoms with E-state index in [1.807, 2.05) is 45.9 Å². The second-order valence-corrected chi connectivity index (χ2v) is 6.22. The standard InChI is InChI=1S/C17H20N2O2/c1-11-5-6-12-9-13(7-8-14(12)19-11)16(21)18-10-15(20)17(2,3)4/h5-9H,10H2,1-4H3,(H,18,21). The Bertz CT molecular complexity index is 699. The van der Waals surface area contributed by atoms with Gasteiger partial charge in [0.15, 0.2) is 5.78 Å². The third-order valence-electron chi connectivity index (χ3n) is 3.34. The number of pyridine rings is 1. The van der Waals surface area contributed by atoms with Gasteiger partial charge >= 0.3 is 0 Å². The predicted molar refractivity (Wildman–Crippen MR) is 83.3 cm³/mol. The number of carbonyl (C=O) groups excluding carboxylic acids is 2. The zero-order valence-electron chi connectivity index (χ0n) is 12.9. The molecule has 4 nitrogen and oxygen atoms in total. The molecule has 0 aliphatic carbocycles. The normalized spacial score (nSPS) is 11.4. The Hall–Kier alpha value is -2.23. The van der Waals surface area contributed by atoms with Crippen molar-refractivity contribution in [1.29, 1.82) is 0 Å². The van der Waals surface area contributed by atoms with E-state index in [1.54, 1.807) is 12.1 Å². The van der Waals surface area contributed by atoms with E-state index in [1.165, 1.54) is 0 Å². The van der Waals surface area contributed by atoms with Crippen LogP contribution in [0.2, 0.25) is 0 Å². The molecule has 110 valence electrons. The molecule has 0 fully saturated rings. The third kappa shape index (κ3) is 3.66. The van der Waals surface area contributed by atoms with Crippen molar-refractivity contribution >= 4 is 22.6 Å². The molecule has 0 bridgehead atoms. The molecule has 2 aromatic rings. The molecule has 21 heavy (non-hydrogen) atoms. The third-order valence-corrected chi connectivity index (χ3v) is 3.34. The van der Waals surface area contributed by atoms with E-state index in [0.717, 1.165) is 16.6 Å². The molecule has 0 saturated carbocycles. The number of aromatic nitrogens is 1. The fraction of sp³-hybridized carbons (Fsp3) is 0.353. The highest BCUT2D eigenvalue weighted by molar-refractivity contribution is 6.00. The smallest absolute Gasteiger partial charge is 0.251 e. The summed E-state index contributed by atoms with van der Waals surface area (Å²) in [5, 5.41) is 3.58. The number of fused-ring (bicyclic) bond motifs is 1. The van der Waals surface area contributed by atoms with Gasteiger partial charge in [0.2, 0.25) is 0 Å². The minimum Gasteiger partial charge on any atom is -0.345 e. The molecule has 0 spiro atoms. The Labute approximate surface area is 124 Å². The van der Waals surface area contributed by atoms with Gasteiger partial charge < -0.3 is 5.32 Å². The van der Waals surface area contributed by atoms with E-state index in [4.69, 9.17) is 0 Å². The summed E-state index contributed by atoms with van der Waals surface area (Å²) in [5.41, 5.74) is 1.89. The predicted octanol–water partition coefficient (Wildman–Crippen LogP) is 2.89. The van der Waals surface area contributed by atoms with E-state index in [0.29, 0.717) is 5.56 Å². The number of hydrogen-bond acceptors (Lipinski definition) is 3. The van der Waals surface area contributed by atoms with E-state index in [9.17, 15) is 9.59 Å². The van der Waals surface area contributed by atoms with Crippen LogP contribution in [0.5, 0.6) is 0 Å². The van der Waals surface area contributed by atoms with Gasteiger partial charge in [-0.05, 0) is 31.2 Å². The molecule has 0 radical (unpaired) electrons. The molecule has 1 amide bonds. The highest BCUT2D eigenvalue weighted by Gasteiger charge is 2.21. The number of carbonyl (C=O) groups is 2. The number of ketones is 1. The zero-order chi connectivity index (χ0) is 15.6. The van der Waals surface area contributed by atoms with Crippen molar-refractivity contribution in [2.75, 3.05) is 6.54 Å². The fourth-order valence-corrected chi connectivity index (χ4v) is 1.90. The van der Waals surface area contributed by atoms with Crippen molar-refractivity contribution in [2.45, 2.75) is 27.7 Å². The first-order valence-corrected chi connectivity index (χ1v) is 6.96. The van der Waals surface area contributed by atoms with Gasteiger partial charge in [-0.3, -0.25) is 14.6 Å². The van der Waals surface area contributed by atoms with E-state index < -0.39 is 5.41 Å². The quantitative estimate of drug-likeness (QED) is 0.942. The highest BCUT2D eigenvalue weighted by Crippen LogP contribution is 2.16. The maximum Gasteiger partial charge on any atom is 0.251 e. The van der Waals surface area contributed by atoms with Gasteiger partial charge in [0, 0.05) is 22.1 Å². The van der Waals surface area contributed by atoms with Crippen LogP contribution in [0.4, 0.5) is 0 Å². The van der Waals surface area contributed by atoms with Crippen LogP contribution in [-0.2, 0) is 4.79 Å². The molecule has 4 heteroatoms. The molecule has 0 aliphatic heterocycles. The van der Waals surface area contributed by atoms with Gasteiger partial charge in [-0.2, -0.15) is 0 Å². The number of nitrogens with zero attached hydrogens (tertiary/aromatic N) is 1. The van der Waals surface area contributed by atoms with E-state index in [2.05, 4.69) is 10.3 Å². The number of amides is 1. The first-order chi connectivity index (χ1) is 9.77. The fourth-order valence-electron chi connectivity index (χ4n) is 1.90. The number of rotatable bonds is 3. The van der Waals surface area contributed by atoms with Crippen LogP contribution in [0.1, 0.15) is 36.8 Å². The van der Waals surface area contributed by atoms with Crippen LogP contribution in [-0.4, -0.2) is 23.2 Å². The summed E-state index contributed by atoms with van der Waals surface area (Å²) in [6.07, 6.45) is 0. The molecule has 0 saturated heterocycles. The minimum atomic E-state index is -0.446. The molecule has 2 rings (SSSR count). The molecular formula is C17H20N2O2. The summed E-state index contributed by atoms with van der Waals surface area (Å²) < 4.78 is 0. The molecule has 0 aliphatic rings. The van der Waals surface area contributed by atoms with Gasteiger partial charge in [0.1, 0.15) is 0 Å². The number of aryl methyl sites for hydroxylation is 1. The Morgan fingerprint density at radius 2 is 1.86 bits per heavy atom. The average Bonchev–Trinajstić information content (AvgIpc) is 2.42. The maximum atomic E-state index is 12.1. The second-order valence-electron chi connectivity index (χ2n) is 6.22. The van der Waals surface area contributed by atoms with Crippen molar-refractivity contribution in [1.82, 2.24) is 10.3 Å². The average molecular weight is 284 g/mol. The number of benzene rings is 1. The van der Waals surface area contributed by atoms with Crippen LogP contribution in [0, 0.1) is 12.3 Å². The lowest BCUT2D eigenvalue weighted by Crippen LogP contribution is -2.35. The molecule has 0 atom stereocenters.